The maximum atomic E-state index is 10.7. The highest BCUT2D eigenvalue weighted by Crippen LogP contribution is 1.94. The van der Waals surface area contributed by atoms with Crippen molar-refractivity contribution in [2.45, 2.75) is 33.6 Å². The van der Waals surface area contributed by atoms with Crippen molar-refractivity contribution in [3.8, 4) is 0 Å². The van der Waals surface area contributed by atoms with Crippen molar-refractivity contribution in [1.82, 2.24) is 0 Å². The van der Waals surface area contributed by atoms with Gasteiger partial charge in [0.15, 0.2) is 0 Å². The molecule has 0 radical (unpaired) electrons. The van der Waals surface area contributed by atoms with E-state index in [1.54, 1.807) is 13.0 Å². The summed E-state index contributed by atoms with van der Waals surface area (Å²) in [6, 6.07) is 0. The van der Waals surface area contributed by atoms with Gasteiger partial charge in [0.05, 0.1) is 6.61 Å². The van der Waals surface area contributed by atoms with Crippen LogP contribution < -0.4 is 0 Å². The van der Waals surface area contributed by atoms with Crippen LogP contribution in [0.15, 0.2) is 49.6 Å². The normalized spacial score (nSPS) is 7.75. The van der Waals surface area contributed by atoms with Crippen LogP contribution in [0.25, 0.3) is 0 Å². The van der Waals surface area contributed by atoms with Crippen LogP contribution in [0.1, 0.15) is 33.6 Å². The third kappa shape index (κ3) is 29.7. The molecule has 0 spiro atoms. The van der Waals surface area contributed by atoms with Crippen LogP contribution in [0.3, 0.4) is 0 Å². The molecule has 0 fully saturated rings. The summed E-state index contributed by atoms with van der Waals surface area (Å²) in [5.41, 5.74) is 1.49. The molecule has 0 atom stereocenters. The Kier molecular flexibility index (Phi) is 19.5. The molecule has 0 amide bonds. The summed E-state index contributed by atoms with van der Waals surface area (Å²) < 4.78 is 4.81. The van der Waals surface area contributed by atoms with Crippen molar-refractivity contribution < 1.29 is 19.4 Å². The van der Waals surface area contributed by atoms with Crippen LogP contribution in [-0.2, 0) is 14.3 Å². The van der Waals surface area contributed by atoms with E-state index >= 15 is 0 Å². The molecule has 0 aliphatic carbocycles. The average molecular weight is 282 g/mol. The first kappa shape index (κ1) is 23.0. The largest absolute Gasteiger partial charge is 0.478 e. The second-order valence-corrected chi connectivity index (χ2v) is 3.86. The van der Waals surface area contributed by atoms with Crippen LogP contribution >= 0.6 is 0 Å². The fraction of sp³-hybridized carbons (Fsp3) is 0.375. The Morgan fingerprint density at radius 3 is 1.75 bits per heavy atom. The first-order valence-corrected chi connectivity index (χ1v) is 6.18. The summed E-state index contributed by atoms with van der Waals surface area (Å²) in [6.45, 7) is 19.6. The number of hydrogen-bond donors (Lipinski definition) is 1. The predicted molar refractivity (Wildman–Crippen MR) is 83.5 cm³/mol. The molecule has 0 saturated carbocycles. The van der Waals surface area contributed by atoms with E-state index in [4.69, 9.17) is 9.84 Å². The molecule has 0 saturated heterocycles. The number of carboxylic acids is 1. The van der Waals surface area contributed by atoms with Gasteiger partial charge in [-0.2, -0.15) is 0 Å². The molecule has 0 aromatic rings. The van der Waals surface area contributed by atoms with Crippen molar-refractivity contribution in [3.05, 3.63) is 49.6 Å². The molecule has 0 aliphatic rings. The van der Waals surface area contributed by atoms with Crippen molar-refractivity contribution in [1.29, 1.82) is 0 Å². The first-order valence-electron chi connectivity index (χ1n) is 6.18. The highest BCUT2D eigenvalue weighted by molar-refractivity contribution is 5.86. The Morgan fingerprint density at radius 1 is 1.15 bits per heavy atom. The number of carbonyl (C=O) groups excluding carboxylic acids is 1. The van der Waals surface area contributed by atoms with Crippen LogP contribution in [0.4, 0.5) is 0 Å². The van der Waals surface area contributed by atoms with Gasteiger partial charge in [0.25, 0.3) is 0 Å². The second-order valence-electron chi connectivity index (χ2n) is 3.86. The maximum absolute atomic E-state index is 10.7. The fourth-order valence-corrected chi connectivity index (χ4v) is 0.432. The van der Waals surface area contributed by atoms with Gasteiger partial charge in [-0.15, -0.1) is 0 Å². The molecule has 20 heavy (non-hydrogen) atoms. The van der Waals surface area contributed by atoms with E-state index in [0.717, 1.165) is 24.5 Å². The minimum absolute atomic E-state index is 0.284. The van der Waals surface area contributed by atoms with E-state index < -0.39 is 5.97 Å². The lowest BCUT2D eigenvalue weighted by atomic mass is 10.3. The summed E-state index contributed by atoms with van der Waals surface area (Å²) in [6.07, 6.45) is 4.53. The topological polar surface area (TPSA) is 63.6 Å². The summed E-state index contributed by atoms with van der Waals surface area (Å²) in [4.78, 5) is 19.9. The quantitative estimate of drug-likeness (QED) is 0.347. The van der Waals surface area contributed by atoms with Gasteiger partial charge in [0, 0.05) is 11.6 Å². The zero-order chi connectivity index (χ0) is 16.6. The van der Waals surface area contributed by atoms with Gasteiger partial charge in [-0.25, -0.2) is 9.59 Å². The lowest BCUT2D eigenvalue weighted by molar-refractivity contribution is -0.139. The summed E-state index contributed by atoms with van der Waals surface area (Å²) in [5, 5.41) is 7.60. The van der Waals surface area contributed by atoms with Gasteiger partial charge in [0.2, 0.25) is 0 Å². The second kappa shape index (κ2) is 16.9. The van der Waals surface area contributed by atoms with Gasteiger partial charge in [-0.05, 0) is 20.3 Å². The number of aliphatic carboxylic acids is 1. The third-order valence-electron chi connectivity index (χ3n) is 1.60. The SMILES string of the molecule is C=C(C)C(=O)OCCCC.C=CC(=C)C.C=CC(=O)O. The van der Waals surface area contributed by atoms with E-state index in [1.807, 2.05) is 6.92 Å². The Bertz CT molecular complexity index is 322. The number of esters is 1. The molecule has 0 bridgehead atoms. The monoisotopic (exact) mass is 282 g/mol. The van der Waals surface area contributed by atoms with E-state index in [9.17, 15) is 9.59 Å². The Hall–Kier alpha value is -2.10. The number of hydrogen-bond acceptors (Lipinski definition) is 3. The van der Waals surface area contributed by atoms with Gasteiger partial charge in [-0.3, -0.25) is 0 Å². The van der Waals surface area contributed by atoms with Crippen LogP contribution in [0, 0.1) is 0 Å². The van der Waals surface area contributed by atoms with Gasteiger partial charge >= 0.3 is 11.9 Å². The highest BCUT2D eigenvalue weighted by Gasteiger charge is 2.00. The number of carboxylic acid groups (broad SMARTS) is 1. The lowest BCUT2D eigenvalue weighted by Crippen LogP contribution is -2.05. The number of allylic oxidation sites excluding steroid dienone is 2. The minimum Gasteiger partial charge on any atom is -0.478 e. The zero-order valence-corrected chi connectivity index (χ0v) is 12.8. The van der Waals surface area contributed by atoms with Crippen molar-refractivity contribution in [2.24, 2.45) is 0 Å². The predicted octanol–water partition coefficient (Wildman–Crippen LogP) is 3.91. The Balaban J connectivity index is -0.000000244. The third-order valence-corrected chi connectivity index (χ3v) is 1.60. The van der Waals surface area contributed by atoms with E-state index in [0.29, 0.717) is 12.2 Å². The van der Waals surface area contributed by atoms with E-state index in [1.165, 1.54) is 0 Å². The minimum atomic E-state index is -0.981. The lowest BCUT2D eigenvalue weighted by Gasteiger charge is -2.01. The van der Waals surface area contributed by atoms with Crippen LogP contribution in [0.2, 0.25) is 0 Å². The summed E-state index contributed by atoms with van der Waals surface area (Å²) >= 11 is 0. The van der Waals surface area contributed by atoms with Crippen molar-refractivity contribution >= 4 is 11.9 Å². The molecule has 114 valence electrons. The van der Waals surface area contributed by atoms with Gasteiger partial charge < -0.3 is 9.84 Å². The standard InChI is InChI=1S/C8H14O2.C5H8.C3H4O2/c1-4-5-6-10-8(9)7(2)3;1-4-5(2)3;1-2-3(4)5/h2,4-6H2,1,3H3;4H,1-2H2,3H3;2H,1H2,(H,4,5). The molecule has 4 nitrogen and oxygen atoms in total. The first-order chi connectivity index (χ1) is 9.22. The maximum Gasteiger partial charge on any atom is 0.333 e. The van der Waals surface area contributed by atoms with E-state index in [2.05, 4.69) is 33.2 Å². The zero-order valence-electron chi connectivity index (χ0n) is 12.8. The molecular formula is C16H26O4. The van der Waals surface area contributed by atoms with Crippen LogP contribution in [0.5, 0.6) is 0 Å². The van der Waals surface area contributed by atoms with E-state index in [-0.39, 0.29) is 5.97 Å². The molecule has 1 N–H and O–H groups in total. The van der Waals surface area contributed by atoms with Crippen molar-refractivity contribution in [3.63, 3.8) is 0 Å². The molecule has 0 rings (SSSR count). The van der Waals surface area contributed by atoms with Crippen LogP contribution in [-0.4, -0.2) is 23.7 Å². The molecule has 0 aliphatic heterocycles. The fourth-order valence-electron chi connectivity index (χ4n) is 0.432. The number of ether oxygens (including phenoxy) is 1. The molecule has 4 heteroatoms. The average Bonchev–Trinajstić information content (AvgIpc) is 2.40. The number of rotatable bonds is 6. The molecule has 0 unspecified atom stereocenters. The highest BCUT2D eigenvalue weighted by atomic mass is 16.5. The summed E-state index contributed by atoms with van der Waals surface area (Å²) in [7, 11) is 0. The van der Waals surface area contributed by atoms with Gasteiger partial charge in [-0.1, -0.05) is 51.3 Å². The Morgan fingerprint density at radius 2 is 1.55 bits per heavy atom. The molecule has 0 heterocycles. The smallest absolute Gasteiger partial charge is 0.333 e. The molecule has 0 aromatic carbocycles. The summed E-state index contributed by atoms with van der Waals surface area (Å²) in [5.74, 6) is -1.27. The Labute approximate surface area is 122 Å². The number of unbranched alkanes of at least 4 members (excludes halogenated alkanes) is 1. The van der Waals surface area contributed by atoms with Crippen molar-refractivity contribution in [2.75, 3.05) is 6.61 Å². The molecule has 0 aromatic heterocycles. The van der Waals surface area contributed by atoms with Gasteiger partial charge in [0.1, 0.15) is 0 Å². The number of carbonyl (C=O) groups is 2. The molecular weight excluding hydrogens is 256 g/mol.